The van der Waals surface area contributed by atoms with E-state index in [0.29, 0.717) is 11.3 Å². The molecule has 0 spiro atoms. The number of rotatable bonds is 3. The van der Waals surface area contributed by atoms with Crippen molar-refractivity contribution < 1.29 is 38.5 Å². The Labute approximate surface area is 202 Å². The number of alkyl carbamates (subject to hydrolysis) is 1. The fourth-order valence-corrected chi connectivity index (χ4v) is 4.05. The Hall–Kier alpha value is -3.15. The van der Waals surface area contributed by atoms with Gasteiger partial charge >= 0.3 is 18.0 Å². The van der Waals surface area contributed by atoms with Gasteiger partial charge in [0.15, 0.2) is 0 Å². The highest BCUT2D eigenvalue weighted by molar-refractivity contribution is 7.98. The van der Waals surface area contributed by atoms with E-state index in [1.54, 1.807) is 45.8 Å². The third-order valence-electron chi connectivity index (χ3n) is 4.67. The predicted molar refractivity (Wildman–Crippen MR) is 126 cm³/mol. The number of benzene rings is 1. The van der Waals surface area contributed by atoms with Gasteiger partial charge in [-0.05, 0) is 26.8 Å². The fourth-order valence-electron chi connectivity index (χ4n) is 2.97. The number of nitrogens with zero attached hydrogens (tertiary/aromatic N) is 1. The third-order valence-corrected chi connectivity index (χ3v) is 5.73. The van der Waals surface area contributed by atoms with Gasteiger partial charge in [0.2, 0.25) is 5.91 Å². The van der Waals surface area contributed by atoms with Gasteiger partial charge < -0.3 is 34.9 Å². The number of esters is 2. The van der Waals surface area contributed by atoms with Crippen LogP contribution in [0.3, 0.4) is 0 Å². The third kappa shape index (κ3) is 7.44. The molecule has 0 fully saturated rings. The number of fused-ring (bicyclic) bond motifs is 1. The Balaban J connectivity index is 2.41. The van der Waals surface area contributed by atoms with Crippen molar-refractivity contribution in [2.45, 2.75) is 44.2 Å². The minimum absolute atomic E-state index is 0.0981. The van der Waals surface area contributed by atoms with E-state index >= 15 is 0 Å². The summed E-state index contributed by atoms with van der Waals surface area (Å²) in [7, 11) is 4.70. The summed E-state index contributed by atoms with van der Waals surface area (Å²) in [5.74, 6) is -2.04. The molecule has 0 saturated carbocycles. The quantitative estimate of drug-likeness (QED) is 0.414. The molecule has 0 unspecified atom stereocenters. The molecule has 34 heavy (non-hydrogen) atoms. The minimum Gasteiger partial charge on any atom is -0.508 e. The smallest absolute Gasteiger partial charge is 0.408 e. The Morgan fingerprint density at radius 3 is 2.53 bits per heavy atom. The van der Waals surface area contributed by atoms with Crippen LogP contribution in [0, 0.1) is 0 Å². The van der Waals surface area contributed by atoms with Crippen molar-refractivity contribution in [3.63, 3.8) is 0 Å². The number of cyclic esters (lactones) is 1. The second-order valence-electron chi connectivity index (χ2n) is 8.78. The van der Waals surface area contributed by atoms with Crippen molar-refractivity contribution in [1.82, 2.24) is 10.6 Å². The summed E-state index contributed by atoms with van der Waals surface area (Å²) in [6.45, 7) is 4.44. The molecule has 1 aliphatic rings. The highest BCUT2D eigenvalue weighted by Crippen LogP contribution is 2.32. The molecule has 1 aromatic rings. The number of carbonyl (C=O) groups is 4. The van der Waals surface area contributed by atoms with Crippen molar-refractivity contribution in [2.75, 3.05) is 38.5 Å². The first kappa shape index (κ1) is 27.1. The largest absolute Gasteiger partial charge is 0.508 e. The summed E-state index contributed by atoms with van der Waals surface area (Å²) >= 11 is 1.21. The van der Waals surface area contributed by atoms with Gasteiger partial charge in [0.1, 0.15) is 30.0 Å². The fraction of sp³-hybridized carbons (Fsp3) is 0.545. The van der Waals surface area contributed by atoms with E-state index in [0.717, 1.165) is 0 Å². The molecule has 0 aromatic heterocycles. The molecule has 1 aromatic carbocycles. The molecule has 0 bridgehead atoms. The number of anilines is 1. The molecule has 2 amide bonds. The lowest BCUT2D eigenvalue weighted by Crippen LogP contribution is -2.55. The number of nitrogens with one attached hydrogen (secondary N) is 2. The van der Waals surface area contributed by atoms with Crippen LogP contribution in [0.5, 0.6) is 5.75 Å². The zero-order valence-corrected chi connectivity index (χ0v) is 20.9. The van der Waals surface area contributed by atoms with Gasteiger partial charge in [-0.25, -0.2) is 14.4 Å². The number of phenols is 1. The van der Waals surface area contributed by atoms with Gasteiger partial charge in [0.05, 0.1) is 12.7 Å². The summed E-state index contributed by atoms with van der Waals surface area (Å²) in [5, 5.41) is 15.5. The van der Waals surface area contributed by atoms with Crippen LogP contribution in [0.15, 0.2) is 12.1 Å². The second kappa shape index (κ2) is 11.3. The topological polar surface area (TPSA) is 144 Å². The first-order valence-electron chi connectivity index (χ1n) is 10.5. The molecule has 1 aliphatic heterocycles. The van der Waals surface area contributed by atoms with E-state index in [2.05, 4.69) is 10.6 Å². The number of phenolic OH excluding ortho intramolecular Hbond substituents is 1. The maximum Gasteiger partial charge on any atom is 0.408 e. The normalized spacial score (nSPS) is 19.4. The standard InChI is InChI=1S/C22H31N3O8S/c1-22(2,3)33-21(30)24-15-9-32-19(28)13-7-12(25(4)5)8-17(26)14(13)10-34-11-16(20(29)31-6)23-18(15)27/h7-8,15-16,26H,9-11H2,1-6H3,(H,23,27)(H,24,30)/t15-,16-/m0/s1. The van der Waals surface area contributed by atoms with Gasteiger partial charge in [-0.3, -0.25) is 4.79 Å². The van der Waals surface area contributed by atoms with Gasteiger partial charge in [-0.1, -0.05) is 0 Å². The van der Waals surface area contributed by atoms with Crippen LogP contribution in [0.25, 0.3) is 0 Å². The number of thioether (sulfide) groups is 1. The molecule has 1 heterocycles. The summed E-state index contributed by atoms with van der Waals surface area (Å²) in [5.41, 5.74) is 0.182. The summed E-state index contributed by atoms with van der Waals surface area (Å²) in [6, 6.07) is 0.708. The van der Waals surface area contributed by atoms with Crippen molar-refractivity contribution in [3.05, 3.63) is 23.3 Å². The minimum atomic E-state index is -1.34. The molecule has 188 valence electrons. The molecular weight excluding hydrogens is 466 g/mol. The van der Waals surface area contributed by atoms with Crippen LogP contribution in [0.4, 0.5) is 10.5 Å². The number of amides is 2. The lowest BCUT2D eigenvalue weighted by atomic mass is 10.1. The van der Waals surface area contributed by atoms with E-state index in [1.165, 1.54) is 24.9 Å². The first-order chi connectivity index (χ1) is 15.8. The number of aromatic hydroxyl groups is 1. The van der Waals surface area contributed by atoms with E-state index in [1.807, 2.05) is 0 Å². The number of hydrogen-bond donors (Lipinski definition) is 3. The Morgan fingerprint density at radius 2 is 1.94 bits per heavy atom. The molecule has 2 rings (SSSR count). The Morgan fingerprint density at radius 1 is 1.26 bits per heavy atom. The van der Waals surface area contributed by atoms with Crippen LogP contribution < -0.4 is 15.5 Å². The molecular formula is C22H31N3O8S. The van der Waals surface area contributed by atoms with Crippen LogP contribution >= 0.6 is 11.8 Å². The monoisotopic (exact) mass is 497 g/mol. The number of carbonyl (C=O) groups excluding carboxylic acids is 4. The zero-order valence-electron chi connectivity index (χ0n) is 20.1. The summed E-state index contributed by atoms with van der Waals surface area (Å²) in [6.07, 6.45) is -0.896. The number of methoxy groups -OCH3 is 1. The van der Waals surface area contributed by atoms with E-state index < -0.39 is 48.2 Å². The summed E-state index contributed by atoms with van der Waals surface area (Å²) < 4.78 is 15.3. The first-order valence-corrected chi connectivity index (χ1v) is 11.6. The number of hydrogen-bond acceptors (Lipinski definition) is 10. The average Bonchev–Trinajstić information content (AvgIpc) is 2.73. The highest BCUT2D eigenvalue weighted by Gasteiger charge is 2.31. The molecule has 11 nitrogen and oxygen atoms in total. The average molecular weight is 498 g/mol. The van der Waals surface area contributed by atoms with Crippen molar-refractivity contribution in [1.29, 1.82) is 0 Å². The van der Waals surface area contributed by atoms with Crippen LogP contribution in [0.1, 0.15) is 36.7 Å². The van der Waals surface area contributed by atoms with Gasteiger partial charge in [0.25, 0.3) is 0 Å². The Bertz CT molecular complexity index is 945. The predicted octanol–water partition coefficient (Wildman–Crippen LogP) is 1.41. The number of ether oxygens (including phenoxy) is 3. The summed E-state index contributed by atoms with van der Waals surface area (Å²) in [4.78, 5) is 52.0. The van der Waals surface area contributed by atoms with Crippen LogP contribution in [-0.4, -0.2) is 80.3 Å². The molecule has 0 saturated heterocycles. The molecule has 0 radical (unpaired) electrons. The maximum absolute atomic E-state index is 12.9. The molecule has 3 N–H and O–H groups in total. The molecule has 2 atom stereocenters. The van der Waals surface area contributed by atoms with Crippen LogP contribution in [-0.2, 0) is 29.6 Å². The van der Waals surface area contributed by atoms with Crippen molar-refractivity contribution >= 4 is 41.4 Å². The maximum atomic E-state index is 12.9. The van der Waals surface area contributed by atoms with Gasteiger partial charge in [-0.2, -0.15) is 11.8 Å². The zero-order chi connectivity index (χ0) is 25.6. The van der Waals surface area contributed by atoms with Gasteiger partial charge in [0, 0.05) is 42.9 Å². The molecule has 12 heteroatoms. The van der Waals surface area contributed by atoms with E-state index in [4.69, 9.17) is 14.2 Å². The molecule has 0 aliphatic carbocycles. The Kier molecular flexibility index (Phi) is 9.02. The van der Waals surface area contributed by atoms with Crippen molar-refractivity contribution in [2.24, 2.45) is 0 Å². The second-order valence-corrected chi connectivity index (χ2v) is 9.81. The lowest BCUT2D eigenvalue weighted by Gasteiger charge is -2.25. The SMILES string of the molecule is COC(=O)[C@@H]1CSCc2c(O)cc(N(C)C)cc2C(=O)OC[C@H](NC(=O)OC(C)(C)C)C(=O)N1. The van der Waals surface area contributed by atoms with E-state index in [-0.39, 0.29) is 22.8 Å². The lowest BCUT2D eigenvalue weighted by molar-refractivity contribution is -0.144. The van der Waals surface area contributed by atoms with Crippen LogP contribution in [0.2, 0.25) is 0 Å². The van der Waals surface area contributed by atoms with Gasteiger partial charge in [-0.15, -0.1) is 0 Å². The van der Waals surface area contributed by atoms with Crippen molar-refractivity contribution in [3.8, 4) is 5.75 Å². The highest BCUT2D eigenvalue weighted by atomic mass is 32.2. The van der Waals surface area contributed by atoms with E-state index in [9.17, 15) is 24.3 Å².